The lowest BCUT2D eigenvalue weighted by Gasteiger charge is -2.39. The number of benzene rings is 3. The molecule has 0 saturated carbocycles. The van der Waals surface area contributed by atoms with E-state index < -0.39 is 0 Å². The van der Waals surface area contributed by atoms with E-state index in [1.807, 2.05) is 31.2 Å². The molecule has 2 saturated heterocycles. The Labute approximate surface area is 242 Å². The zero-order chi connectivity index (χ0) is 27.7. The van der Waals surface area contributed by atoms with Crippen molar-refractivity contribution in [3.8, 4) is 0 Å². The zero-order valence-electron chi connectivity index (χ0n) is 23.3. The molecule has 0 bridgehead atoms. The summed E-state index contributed by atoms with van der Waals surface area (Å²) < 4.78 is 0. The highest BCUT2D eigenvalue weighted by Gasteiger charge is 2.42. The van der Waals surface area contributed by atoms with Crippen molar-refractivity contribution in [2.24, 2.45) is 5.41 Å². The Bertz CT molecular complexity index is 1380. The SMILES string of the molecule is Cc1cccc(Cl)c1C(=O)NC1CCc2ccc(C(=O)N3CCC4(CCN(CCc5ccccc5)CC4)C3)cc21. The van der Waals surface area contributed by atoms with Crippen molar-refractivity contribution in [2.75, 3.05) is 32.7 Å². The van der Waals surface area contributed by atoms with Crippen molar-refractivity contribution >= 4 is 23.4 Å². The van der Waals surface area contributed by atoms with Crippen molar-refractivity contribution in [1.29, 1.82) is 0 Å². The fourth-order valence-corrected chi connectivity index (χ4v) is 7.22. The fraction of sp³-hybridized carbons (Fsp3) is 0.412. The van der Waals surface area contributed by atoms with Gasteiger partial charge in [0.1, 0.15) is 0 Å². The molecule has 40 heavy (non-hydrogen) atoms. The van der Waals surface area contributed by atoms with E-state index in [0.717, 1.165) is 87.9 Å². The van der Waals surface area contributed by atoms with Crippen LogP contribution in [0.3, 0.4) is 0 Å². The zero-order valence-corrected chi connectivity index (χ0v) is 24.1. The van der Waals surface area contributed by atoms with Gasteiger partial charge in [-0.2, -0.15) is 0 Å². The van der Waals surface area contributed by atoms with Crippen LogP contribution in [0.4, 0.5) is 0 Å². The smallest absolute Gasteiger partial charge is 0.253 e. The van der Waals surface area contributed by atoms with Crippen molar-refractivity contribution < 1.29 is 9.59 Å². The van der Waals surface area contributed by atoms with Crippen LogP contribution in [-0.4, -0.2) is 54.3 Å². The Morgan fingerprint density at radius 1 is 0.975 bits per heavy atom. The van der Waals surface area contributed by atoms with Crippen LogP contribution in [0.2, 0.25) is 5.02 Å². The van der Waals surface area contributed by atoms with Crippen LogP contribution < -0.4 is 5.32 Å². The molecule has 0 radical (unpaired) electrons. The van der Waals surface area contributed by atoms with Crippen LogP contribution >= 0.6 is 11.6 Å². The monoisotopic (exact) mass is 555 g/mol. The number of fused-ring (bicyclic) bond motifs is 1. The standard InChI is InChI=1S/C34H38ClN3O2/c1-24-6-5-9-29(35)31(24)32(39)36-30-13-12-26-10-11-27(22-28(26)30)33(40)38-21-17-34(23-38)15-19-37(20-16-34)18-14-25-7-3-2-4-8-25/h2-11,22,30H,12-21,23H2,1H3,(H,36,39). The Hall–Kier alpha value is -3.15. The minimum atomic E-state index is -0.158. The summed E-state index contributed by atoms with van der Waals surface area (Å²) in [7, 11) is 0. The summed E-state index contributed by atoms with van der Waals surface area (Å²) in [6, 6.07) is 22.2. The number of piperidine rings is 1. The lowest BCUT2D eigenvalue weighted by atomic mass is 9.77. The van der Waals surface area contributed by atoms with Gasteiger partial charge < -0.3 is 15.1 Å². The first-order chi connectivity index (χ1) is 19.4. The molecule has 3 aromatic rings. The molecule has 2 heterocycles. The number of likely N-dealkylation sites (tertiary alicyclic amines) is 2. The minimum Gasteiger partial charge on any atom is -0.345 e. The van der Waals surface area contributed by atoms with Crippen LogP contribution in [0, 0.1) is 12.3 Å². The topological polar surface area (TPSA) is 52.7 Å². The fourth-order valence-electron chi connectivity index (χ4n) is 6.92. The molecule has 1 unspecified atom stereocenters. The third-order valence-corrected chi connectivity index (χ3v) is 9.74. The molecular weight excluding hydrogens is 518 g/mol. The normalized spacial score (nSPS) is 20.1. The summed E-state index contributed by atoms with van der Waals surface area (Å²) >= 11 is 6.35. The van der Waals surface area contributed by atoms with E-state index >= 15 is 0 Å². The van der Waals surface area contributed by atoms with Crippen molar-refractivity contribution in [3.63, 3.8) is 0 Å². The number of aryl methyl sites for hydroxylation is 2. The second-order valence-corrected chi connectivity index (χ2v) is 12.4. The van der Waals surface area contributed by atoms with Gasteiger partial charge in [0.05, 0.1) is 16.6 Å². The number of hydrogen-bond acceptors (Lipinski definition) is 3. The van der Waals surface area contributed by atoms with E-state index in [0.29, 0.717) is 10.6 Å². The summed E-state index contributed by atoms with van der Waals surface area (Å²) in [6.45, 7) is 6.90. The van der Waals surface area contributed by atoms with E-state index in [4.69, 9.17) is 11.6 Å². The van der Waals surface area contributed by atoms with E-state index in [1.54, 1.807) is 6.07 Å². The van der Waals surface area contributed by atoms with Gasteiger partial charge in [-0.3, -0.25) is 9.59 Å². The average molecular weight is 556 g/mol. The van der Waals surface area contributed by atoms with Crippen LogP contribution in [0.5, 0.6) is 0 Å². The summed E-state index contributed by atoms with van der Waals surface area (Å²) in [6.07, 6.45) is 6.22. The minimum absolute atomic E-state index is 0.115. The number of halogens is 1. The molecule has 1 N–H and O–H groups in total. The second kappa shape index (κ2) is 11.4. The van der Waals surface area contributed by atoms with Crippen molar-refractivity contribution in [2.45, 2.75) is 51.5 Å². The first-order valence-corrected chi connectivity index (χ1v) is 15.0. The molecular formula is C34H38ClN3O2. The molecule has 0 aromatic heterocycles. The highest BCUT2D eigenvalue weighted by atomic mass is 35.5. The molecule has 2 amide bonds. The number of nitrogens with zero attached hydrogens (tertiary/aromatic N) is 2. The Morgan fingerprint density at radius 3 is 2.52 bits per heavy atom. The molecule has 6 rings (SSSR count). The van der Waals surface area contributed by atoms with Gasteiger partial charge in [-0.05, 0) is 104 Å². The summed E-state index contributed by atoms with van der Waals surface area (Å²) in [5, 5.41) is 3.65. The maximum Gasteiger partial charge on any atom is 0.253 e. The predicted octanol–water partition coefficient (Wildman–Crippen LogP) is 6.24. The van der Waals surface area contributed by atoms with Crippen molar-refractivity contribution in [1.82, 2.24) is 15.1 Å². The van der Waals surface area contributed by atoms with Gasteiger partial charge in [0, 0.05) is 25.2 Å². The lowest BCUT2D eigenvalue weighted by Crippen LogP contribution is -2.42. The first kappa shape index (κ1) is 27.0. The van der Waals surface area contributed by atoms with Crippen LogP contribution in [0.25, 0.3) is 0 Å². The maximum atomic E-state index is 13.6. The molecule has 6 heteroatoms. The third kappa shape index (κ3) is 5.55. The Balaban J connectivity index is 1.07. The van der Waals surface area contributed by atoms with E-state index in [9.17, 15) is 9.59 Å². The molecule has 1 spiro atoms. The van der Waals surface area contributed by atoms with Crippen LogP contribution in [0.15, 0.2) is 66.7 Å². The van der Waals surface area contributed by atoms with Gasteiger partial charge >= 0.3 is 0 Å². The molecule has 2 fully saturated rings. The van der Waals surface area contributed by atoms with Crippen LogP contribution in [0.1, 0.15) is 74.7 Å². The predicted molar refractivity (Wildman–Crippen MR) is 160 cm³/mol. The molecule has 3 aromatic carbocycles. The average Bonchev–Trinajstić information content (AvgIpc) is 3.57. The number of nitrogens with one attached hydrogen (secondary N) is 1. The maximum absolute atomic E-state index is 13.6. The van der Waals surface area contributed by atoms with E-state index in [1.165, 1.54) is 11.1 Å². The third-order valence-electron chi connectivity index (χ3n) is 9.43. The molecule has 3 aliphatic rings. The molecule has 5 nitrogen and oxygen atoms in total. The number of carbonyl (C=O) groups excluding carboxylic acids is 2. The number of carbonyl (C=O) groups is 2. The number of hydrogen-bond donors (Lipinski definition) is 1. The van der Waals surface area contributed by atoms with Gasteiger partial charge in [0.15, 0.2) is 0 Å². The van der Waals surface area contributed by atoms with Gasteiger partial charge in [0.2, 0.25) is 0 Å². The largest absolute Gasteiger partial charge is 0.345 e. The number of amides is 2. The Kier molecular flexibility index (Phi) is 7.69. The molecule has 1 atom stereocenters. The Morgan fingerprint density at radius 2 is 1.75 bits per heavy atom. The van der Waals surface area contributed by atoms with Gasteiger partial charge in [-0.1, -0.05) is 60.1 Å². The highest BCUT2D eigenvalue weighted by molar-refractivity contribution is 6.34. The quantitative estimate of drug-likeness (QED) is 0.392. The summed E-state index contributed by atoms with van der Waals surface area (Å²) in [5.41, 5.74) is 6.03. The van der Waals surface area contributed by atoms with Crippen LogP contribution in [-0.2, 0) is 12.8 Å². The molecule has 1 aliphatic carbocycles. The highest BCUT2D eigenvalue weighted by Crippen LogP contribution is 2.41. The van der Waals surface area contributed by atoms with Gasteiger partial charge in [-0.15, -0.1) is 0 Å². The van der Waals surface area contributed by atoms with Gasteiger partial charge in [-0.25, -0.2) is 0 Å². The van der Waals surface area contributed by atoms with E-state index in [2.05, 4.69) is 51.5 Å². The van der Waals surface area contributed by atoms with Crippen molar-refractivity contribution in [3.05, 3.63) is 105 Å². The summed E-state index contributed by atoms with van der Waals surface area (Å²) in [4.78, 5) is 31.4. The molecule has 2 aliphatic heterocycles. The summed E-state index contributed by atoms with van der Waals surface area (Å²) in [5.74, 6) is -0.0422. The van der Waals surface area contributed by atoms with Gasteiger partial charge in [0.25, 0.3) is 11.8 Å². The number of rotatable bonds is 6. The lowest BCUT2D eigenvalue weighted by molar-refractivity contribution is 0.0721. The first-order valence-electron chi connectivity index (χ1n) is 14.7. The molecule has 208 valence electrons. The van der Waals surface area contributed by atoms with E-state index in [-0.39, 0.29) is 23.3 Å². The second-order valence-electron chi connectivity index (χ2n) is 12.0.